The molecular weight excluding hydrogens is 346 g/mol. The van der Waals surface area contributed by atoms with Gasteiger partial charge in [-0.2, -0.15) is 5.26 Å². The number of hydrogen-bond donors (Lipinski definition) is 2. The monoisotopic (exact) mass is 369 g/mol. The van der Waals surface area contributed by atoms with Crippen LogP contribution in [0.15, 0.2) is 54.7 Å². The smallest absolute Gasteiger partial charge is 0.223 e. The number of rotatable bonds is 4. The van der Waals surface area contributed by atoms with Crippen LogP contribution in [0, 0.1) is 18.3 Å². The highest BCUT2D eigenvalue weighted by Gasteiger charge is 2.16. The average Bonchev–Trinajstić information content (AvgIpc) is 2.75. The lowest BCUT2D eigenvalue weighted by atomic mass is 9.99. The van der Waals surface area contributed by atoms with Crippen LogP contribution in [0.1, 0.15) is 24.0 Å². The van der Waals surface area contributed by atoms with E-state index in [1.165, 1.54) is 5.56 Å². The molecule has 1 atom stereocenters. The van der Waals surface area contributed by atoms with Gasteiger partial charge < -0.3 is 10.6 Å². The highest BCUT2D eigenvalue weighted by atomic mass is 15.1. The maximum Gasteiger partial charge on any atom is 0.223 e. The van der Waals surface area contributed by atoms with Crippen LogP contribution in [-0.2, 0) is 0 Å². The summed E-state index contributed by atoms with van der Waals surface area (Å²) in [6.45, 7) is 4.07. The normalized spacial score (nSPS) is 16.4. The van der Waals surface area contributed by atoms with Gasteiger partial charge in [-0.15, -0.1) is 0 Å². The van der Waals surface area contributed by atoms with Crippen LogP contribution in [0.4, 0.5) is 5.95 Å². The van der Waals surface area contributed by atoms with Gasteiger partial charge in [-0.25, -0.2) is 9.97 Å². The minimum absolute atomic E-state index is 0.341. The first-order valence-electron chi connectivity index (χ1n) is 9.65. The maximum atomic E-state index is 9.09. The van der Waals surface area contributed by atoms with Crippen LogP contribution < -0.4 is 10.6 Å². The van der Waals surface area contributed by atoms with E-state index in [1.54, 1.807) is 0 Å². The third-order valence-corrected chi connectivity index (χ3v) is 5.07. The van der Waals surface area contributed by atoms with Crippen molar-refractivity contribution in [1.82, 2.24) is 15.3 Å². The van der Waals surface area contributed by atoms with Crippen molar-refractivity contribution in [3.8, 4) is 28.5 Å². The second-order valence-electron chi connectivity index (χ2n) is 7.20. The van der Waals surface area contributed by atoms with E-state index in [0.717, 1.165) is 48.3 Å². The zero-order valence-corrected chi connectivity index (χ0v) is 15.9. The Morgan fingerprint density at radius 3 is 2.50 bits per heavy atom. The molecule has 0 saturated carbocycles. The van der Waals surface area contributed by atoms with E-state index >= 15 is 0 Å². The van der Waals surface area contributed by atoms with Crippen molar-refractivity contribution in [1.29, 1.82) is 5.26 Å². The van der Waals surface area contributed by atoms with Crippen molar-refractivity contribution < 1.29 is 0 Å². The lowest BCUT2D eigenvalue weighted by Crippen LogP contribution is -2.38. The van der Waals surface area contributed by atoms with Crippen molar-refractivity contribution >= 4 is 5.95 Å². The lowest BCUT2D eigenvalue weighted by molar-refractivity contribution is 0.478. The van der Waals surface area contributed by atoms with E-state index in [1.807, 2.05) is 30.5 Å². The van der Waals surface area contributed by atoms with Crippen molar-refractivity contribution in [2.24, 2.45) is 0 Å². The molecule has 140 valence electrons. The number of piperidine rings is 1. The van der Waals surface area contributed by atoms with Gasteiger partial charge in [0.25, 0.3) is 0 Å². The molecule has 0 amide bonds. The second kappa shape index (κ2) is 8.20. The Hall–Kier alpha value is -3.23. The standard InChI is InChI=1S/C23H23N5/c1-16-4-8-18(9-5-16)21-15-26-23(27-20-3-2-12-25-14-20)28-22(21)19-10-6-17(13-24)7-11-19/h4-11,15,20,25H,2-3,12,14H2,1H3,(H,26,27,28). The summed E-state index contributed by atoms with van der Waals surface area (Å²) < 4.78 is 0. The predicted molar refractivity (Wildman–Crippen MR) is 112 cm³/mol. The van der Waals surface area contributed by atoms with Crippen LogP contribution in [-0.4, -0.2) is 29.1 Å². The molecule has 4 rings (SSSR count). The van der Waals surface area contributed by atoms with Gasteiger partial charge in [0.1, 0.15) is 0 Å². The minimum atomic E-state index is 0.341. The summed E-state index contributed by atoms with van der Waals surface area (Å²) in [4.78, 5) is 9.45. The summed E-state index contributed by atoms with van der Waals surface area (Å²) in [5.41, 5.74) is 5.76. The fourth-order valence-electron chi connectivity index (χ4n) is 3.48. The summed E-state index contributed by atoms with van der Waals surface area (Å²) in [7, 11) is 0. The summed E-state index contributed by atoms with van der Waals surface area (Å²) in [6.07, 6.45) is 4.16. The second-order valence-corrected chi connectivity index (χ2v) is 7.20. The molecule has 28 heavy (non-hydrogen) atoms. The number of aryl methyl sites for hydroxylation is 1. The van der Waals surface area contributed by atoms with Crippen LogP contribution >= 0.6 is 0 Å². The van der Waals surface area contributed by atoms with Crippen LogP contribution in [0.25, 0.3) is 22.4 Å². The Balaban J connectivity index is 1.74. The zero-order chi connectivity index (χ0) is 19.3. The lowest BCUT2D eigenvalue weighted by Gasteiger charge is -2.24. The first-order chi connectivity index (χ1) is 13.7. The Bertz CT molecular complexity index is 981. The van der Waals surface area contributed by atoms with Gasteiger partial charge in [-0.3, -0.25) is 0 Å². The summed E-state index contributed by atoms with van der Waals surface area (Å²) in [5.74, 6) is 0.643. The van der Waals surface area contributed by atoms with Gasteiger partial charge >= 0.3 is 0 Å². The van der Waals surface area contributed by atoms with E-state index in [0.29, 0.717) is 17.6 Å². The third-order valence-electron chi connectivity index (χ3n) is 5.07. The maximum absolute atomic E-state index is 9.09. The Kier molecular flexibility index (Phi) is 5.31. The van der Waals surface area contributed by atoms with E-state index in [9.17, 15) is 0 Å². The Labute approximate surface area is 165 Å². The summed E-state index contributed by atoms with van der Waals surface area (Å²) in [5, 5.41) is 16.0. The van der Waals surface area contributed by atoms with E-state index in [4.69, 9.17) is 10.2 Å². The molecule has 0 aliphatic carbocycles. The van der Waals surface area contributed by atoms with E-state index in [-0.39, 0.29) is 0 Å². The predicted octanol–water partition coefficient (Wildman–Crippen LogP) is 4.15. The molecule has 1 aromatic heterocycles. The Morgan fingerprint density at radius 2 is 1.82 bits per heavy atom. The molecular formula is C23H23N5. The molecule has 5 heteroatoms. The van der Waals surface area contributed by atoms with E-state index in [2.05, 4.69) is 52.9 Å². The number of nitriles is 1. The minimum Gasteiger partial charge on any atom is -0.350 e. The van der Waals surface area contributed by atoms with E-state index < -0.39 is 0 Å². The summed E-state index contributed by atoms with van der Waals surface area (Å²) in [6, 6.07) is 18.4. The van der Waals surface area contributed by atoms with Crippen LogP contribution in [0.5, 0.6) is 0 Å². The molecule has 1 fully saturated rings. The quantitative estimate of drug-likeness (QED) is 0.722. The van der Waals surface area contributed by atoms with Crippen molar-refractivity contribution in [2.75, 3.05) is 18.4 Å². The topological polar surface area (TPSA) is 73.6 Å². The number of benzene rings is 2. The molecule has 0 bridgehead atoms. The van der Waals surface area contributed by atoms with Crippen molar-refractivity contribution in [3.05, 3.63) is 65.9 Å². The largest absolute Gasteiger partial charge is 0.350 e. The molecule has 0 radical (unpaired) electrons. The highest BCUT2D eigenvalue weighted by molar-refractivity contribution is 5.81. The average molecular weight is 369 g/mol. The fraction of sp³-hybridized carbons (Fsp3) is 0.261. The van der Waals surface area contributed by atoms with Gasteiger partial charge in [-0.05, 0) is 44.0 Å². The number of hydrogen-bond acceptors (Lipinski definition) is 5. The first-order valence-corrected chi connectivity index (χ1v) is 9.65. The number of nitrogens with one attached hydrogen (secondary N) is 2. The molecule has 1 aliphatic heterocycles. The molecule has 1 unspecified atom stereocenters. The van der Waals surface area contributed by atoms with Gasteiger partial charge in [0, 0.05) is 29.9 Å². The molecule has 0 spiro atoms. The molecule has 1 saturated heterocycles. The molecule has 2 heterocycles. The van der Waals surface area contributed by atoms with Gasteiger partial charge in [0.05, 0.1) is 17.3 Å². The van der Waals surface area contributed by atoms with Gasteiger partial charge in [0.15, 0.2) is 0 Å². The molecule has 5 nitrogen and oxygen atoms in total. The van der Waals surface area contributed by atoms with Crippen LogP contribution in [0.2, 0.25) is 0 Å². The highest BCUT2D eigenvalue weighted by Crippen LogP contribution is 2.31. The molecule has 1 aliphatic rings. The van der Waals surface area contributed by atoms with Crippen molar-refractivity contribution in [2.45, 2.75) is 25.8 Å². The van der Waals surface area contributed by atoms with Gasteiger partial charge in [-0.1, -0.05) is 42.0 Å². The fourth-order valence-corrected chi connectivity index (χ4v) is 3.48. The van der Waals surface area contributed by atoms with Crippen LogP contribution in [0.3, 0.4) is 0 Å². The summed E-state index contributed by atoms with van der Waals surface area (Å²) >= 11 is 0. The third kappa shape index (κ3) is 4.03. The van der Waals surface area contributed by atoms with Gasteiger partial charge in [0.2, 0.25) is 5.95 Å². The number of nitrogens with zero attached hydrogens (tertiary/aromatic N) is 3. The molecule has 2 aromatic carbocycles. The number of aromatic nitrogens is 2. The molecule has 2 N–H and O–H groups in total. The number of anilines is 1. The van der Waals surface area contributed by atoms with Crippen molar-refractivity contribution in [3.63, 3.8) is 0 Å². The first kappa shape index (κ1) is 18.1. The Morgan fingerprint density at radius 1 is 1.07 bits per heavy atom. The molecule has 3 aromatic rings. The SMILES string of the molecule is Cc1ccc(-c2cnc(NC3CCCNC3)nc2-c2ccc(C#N)cc2)cc1. The zero-order valence-electron chi connectivity index (χ0n) is 15.9.